The summed E-state index contributed by atoms with van der Waals surface area (Å²) in [4.78, 5) is 17.3. The second-order valence-corrected chi connectivity index (χ2v) is 7.89. The topological polar surface area (TPSA) is 65.4 Å². The first-order chi connectivity index (χ1) is 14.5. The van der Waals surface area contributed by atoms with Crippen molar-refractivity contribution < 1.29 is 14.3 Å². The summed E-state index contributed by atoms with van der Waals surface area (Å²) in [6.45, 7) is 7.94. The molecule has 1 amide bonds. The molecule has 0 aliphatic carbocycles. The van der Waals surface area contributed by atoms with Gasteiger partial charge in [-0.2, -0.15) is 0 Å². The molecule has 6 nitrogen and oxygen atoms in total. The van der Waals surface area contributed by atoms with Gasteiger partial charge in [0, 0.05) is 6.61 Å². The van der Waals surface area contributed by atoms with Crippen molar-refractivity contribution in [1.29, 1.82) is 0 Å². The number of nitrogens with zero attached hydrogens (tertiary/aromatic N) is 2. The van der Waals surface area contributed by atoms with Crippen LogP contribution in [0.4, 0.5) is 0 Å². The van der Waals surface area contributed by atoms with Crippen LogP contribution in [0.25, 0.3) is 11.0 Å². The molecule has 0 spiro atoms. The van der Waals surface area contributed by atoms with Crippen LogP contribution in [0.5, 0.6) is 5.75 Å². The number of ether oxygens (including phenoxy) is 2. The molecule has 1 aliphatic rings. The van der Waals surface area contributed by atoms with Crippen molar-refractivity contribution in [3.8, 4) is 5.75 Å². The van der Waals surface area contributed by atoms with Gasteiger partial charge in [0.1, 0.15) is 24.3 Å². The number of aryl methyl sites for hydroxylation is 1. The lowest BCUT2D eigenvalue weighted by Gasteiger charge is -2.19. The minimum Gasteiger partial charge on any atom is -0.491 e. The molecule has 1 fully saturated rings. The molecule has 1 N–H and O–H groups in total. The van der Waals surface area contributed by atoms with E-state index in [1.165, 1.54) is 5.56 Å². The molecule has 1 aliphatic heterocycles. The largest absolute Gasteiger partial charge is 0.491 e. The molecule has 0 bridgehead atoms. The van der Waals surface area contributed by atoms with Crippen molar-refractivity contribution in [2.75, 3.05) is 13.2 Å². The van der Waals surface area contributed by atoms with Gasteiger partial charge in [0.2, 0.25) is 5.91 Å². The van der Waals surface area contributed by atoms with Gasteiger partial charge < -0.3 is 19.4 Å². The summed E-state index contributed by atoms with van der Waals surface area (Å²) in [7, 11) is 0. The molecule has 1 aromatic heterocycles. The molecule has 2 atom stereocenters. The van der Waals surface area contributed by atoms with E-state index in [9.17, 15) is 4.79 Å². The van der Waals surface area contributed by atoms with Gasteiger partial charge in [-0.25, -0.2) is 4.98 Å². The minimum absolute atomic E-state index is 0.0646. The lowest BCUT2D eigenvalue weighted by atomic mass is 10.1. The average Bonchev–Trinajstić information content (AvgIpc) is 3.40. The van der Waals surface area contributed by atoms with Crippen molar-refractivity contribution in [1.82, 2.24) is 14.9 Å². The third-order valence-electron chi connectivity index (χ3n) is 5.78. The van der Waals surface area contributed by atoms with Crippen molar-refractivity contribution in [2.45, 2.75) is 52.3 Å². The fourth-order valence-electron chi connectivity index (χ4n) is 3.94. The van der Waals surface area contributed by atoms with Crippen molar-refractivity contribution in [3.63, 3.8) is 0 Å². The van der Waals surface area contributed by atoms with Crippen LogP contribution in [-0.2, 0) is 16.1 Å². The van der Waals surface area contributed by atoms with E-state index in [1.54, 1.807) is 0 Å². The summed E-state index contributed by atoms with van der Waals surface area (Å²) in [6.07, 6.45) is 1.36. The molecular formula is C24H29N3O3. The van der Waals surface area contributed by atoms with E-state index in [2.05, 4.69) is 35.9 Å². The Bertz CT molecular complexity index is 1040. The van der Waals surface area contributed by atoms with Gasteiger partial charge >= 0.3 is 0 Å². The molecule has 1 saturated heterocycles. The van der Waals surface area contributed by atoms with Gasteiger partial charge in [0.15, 0.2) is 0 Å². The number of nitrogens with one attached hydrogen (secondary N) is 1. The van der Waals surface area contributed by atoms with E-state index in [0.717, 1.165) is 41.0 Å². The first-order valence-corrected chi connectivity index (χ1v) is 10.6. The van der Waals surface area contributed by atoms with Gasteiger partial charge in [-0.1, -0.05) is 24.3 Å². The fourth-order valence-corrected chi connectivity index (χ4v) is 3.94. The number of rotatable bonds is 7. The predicted molar refractivity (Wildman–Crippen MR) is 117 cm³/mol. The van der Waals surface area contributed by atoms with Crippen LogP contribution in [0.2, 0.25) is 0 Å². The normalized spacial score (nSPS) is 17.2. The molecule has 4 rings (SSSR count). The van der Waals surface area contributed by atoms with Crippen molar-refractivity contribution in [2.24, 2.45) is 0 Å². The number of fused-ring (bicyclic) bond motifs is 1. The van der Waals surface area contributed by atoms with Crippen LogP contribution >= 0.6 is 0 Å². The number of hydrogen-bond acceptors (Lipinski definition) is 4. The molecule has 158 valence electrons. The Morgan fingerprint density at radius 1 is 1.27 bits per heavy atom. The lowest BCUT2D eigenvalue weighted by molar-refractivity contribution is -0.130. The number of carbonyl (C=O) groups excluding carboxylic acids is 1. The van der Waals surface area contributed by atoms with Gasteiger partial charge in [-0.3, -0.25) is 4.79 Å². The van der Waals surface area contributed by atoms with E-state index in [-0.39, 0.29) is 18.1 Å². The van der Waals surface area contributed by atoms with E-state index in [0.29, 0.717) is 19.8 Å². The molecule has 2 aromatic carbocycles. The Kier molecular flexibility index (Phi) is 6.04. The van der Waals surface area contributed by atoms with E-state index < -0.39 is 0 Å². The summed E-state index contributed by atoms with van der Waals surface area (Å²) in [5, 5.41) is 3.08. The molecule has 3 aromatic rings. The zero-order valence-electron chi connectivity index (χ0n) is 17.9. The number of carbonyl (C=O) groups is 1. The maximum Gasteiger partial charge on any atom is 0.249 e. The average molecular weight is 408 g/mol. The van der Waals surface area contributed by atoms with Crippen LogP contribution < -0.4 is 10.1 Å². The Hall–Kier alpha value is -2.86. The monoisotopic (exact) mass is 407 g/mol. The highest BCUT2D eigenvalue weighted by atomic mass is 16.5. The molecule has 0 saturated carbocycles. The highest BCUT2D eigenvalue weighted by molar-refractivity contribution is 5.81. The van der Waals surface area contributed by atoms with Crippen LogP contribution in [0, 0.1) is 13.8 Å². The number of hydrogen-bond donors (Lipinski definition) is 1. The standard InChI is InChI=1S/C24H29N3O3/c1-16-8-6-11-21(17(16)2)30-15-13-27-20-10-5-4-9-19(20)26-23(27)18(3)25-24(28)22-12-7-14-29-22/h4-6,8-11,18,22H,7,12-15H2,1-3H3,(H,25,28). The van der Waals surface area contributed by atoms with Gasteiger partial charge in [0.05, 0.1) is 23.6 Å². The third-order valence-corrected chi connectivity index (χ3v) is 5.78. The summed E-state index contributed by atoms with van der Waals surface area (Å²) >= 11 is 0. The molecule has 6 heteroatoms. The SMILES string of the molecule is Cc1cccc(OCCn2c(C(C)NC(=O)C3CCCO3)nc3ccccc32)c1C. The second-order valence-electron chi connectivity index (χ2n) is 7.89. The zero-order valence-corrected chi connectivity index (χ0v) is 17.9. The fraction of sp³-hybridized carbons (Fsp3) is 0.417. The Morgan fingerprint density at radius 3 is 2.90 bits per heavy atom. The Balaban J connectivity index is 1.52. The van der Waals surface area contributed by atoms with E-state index >= 15 is 0 Å². The van der Waals surface area contributed by atoms with Crippen LogP contribution in [0.15, 0.2) is 42.5 Å². The number of imidazole rings is 1. The first-order valence-electron chi connectivity index (χ1n) is 10.6. The third kappa shape index (κ3) is 4.19. The number of benzene rings is 2. The van der Waals surface area contributed by atoms with Crippen LogP contribution in [-0.4, -0.2) is 34.8 Å². The predicted octanol–water partition coefficient (Wildman–Crippen LogP) is 4.09. The van der Waals surface area contributed by atoms with Crippen molar-refractivity contribution in [3.05, 3.63) is 59.4 Å². The van der Waals surface area contributed by atoms with Crippen molar-refractivity contribution >= 4 is 16.9 Å². The smallest absolute Gasteiger partial charge is 0.249 e. The van der Waals surface area contributed by atoms with Crippen LogP contribution in [0.1, 0.15) is 42.8 Å². The zero-order chi connectivity index (χ0) is 21.1. The second kappa shape index (κ2) is 8.88. The summed E-state index contributed by atoms with van der Waals surface area (Å²) in [5.41, 5.74) is 4.32. The molecule has 2 unspecified atom stereocenters. The molecule has 30 heavy (non-hydrogen) atoms. The highest BCUT2D eigenvalue weighted by Gasteiger charge is 2.26. The Morgan fingerprint density at radius 2 is 2.10 bits per heavy atom. The van der Waals surface area contributed by atoms with E-state index in [1.807, 2.05) is 37.3 Å². The lowest BCUT2D eigenvalue weighted by Crippen LogP contribution is -2.36. The summed E-state index contributed by atoms with van der Waals surface area (Å²) in [5.74, 6) is 1.66. The van der Waals surface area contributed by atoms with Gasteiger partial charge in [0.25, 0.3) is 0 Å². The van der Waals surface area contributed by atoms with E-state index in [4.69, 9.17) is 14.5 Å². The summed E-state index contributed by atoms with van der Waals surface area (Å²) in [6, 6.07) is 13.9. The number of aromatic nitrogens is 2. The number of para-hydroxylation sites is 2. The molecule has 2 heterocycles. The first kappa shape index (κ1) is 20.4. The number of amides is 1. The maximum atomic E-state index is 12.5. The highest BCUT2D eigenvalue weighted by Crippen LogP contribution is 2.23. The van der Waals surface area contributed by atoms with Gasteiger partial charge in [-0.05, 0) is 62.9 Å². The van der Waals surface area contributed by atoms with Gasteiger partial charge in [-0.15, -0.1) is 0 Å². The quantitative estimate of drug-likeness (QED) is 0.641. The minimum atomic E-state index is -0.349. The maximum absolute atomic E-state index is 12.5. The molecular weight excluding hydrogens is 378 g/mol. The molecule has 0 radical (unpaired) electrons. The Labute approximate surface area is 177 Å². The van der Waals surface area contributed by atoms with Crippen LogP contribution in [0.3, 0.4) is 0 Å². The summed E-state index contributed by atoms with van der Waals surface area (Å²) < 4.78 is 13.7.